The fraction of sp³-hybridized carbons (Fsp3) is 0.447. The van der Waals surface area contributed by atoms with E-state index in [1.54, 1.807) is 17.4 Å². The van der Waals surface area contributed by atoms with Crippen LogP contribution in [0.25, 0.3) is 32.7 Å². The number of carbonyl (C=O) groups excluding carboxylic acids is 2. The van der Waals surface area contributed by atoms with Crippen molar-refractivity contribution in [2.24, 2.45) is 11.3 Å². The normalized spacial score (nSPS) is 20.7. The van der Waals surface area contributed by atoms with Gasteiger partial charge in [-0.15, -0.1) is 21.5 Å². The molecule has 4 aromatic heterocycles. The van der Waals surface area contributed by atoms with Crippen molar-refractivity contribution in [3.05, 3.63) is 95.0 Å². The largest absolute Gasteiger partial charge is 0.507 e. The SMILES string of the molecule is Cc1ncsc1-c1ccc(CNC(=O)[C@@H]2C[C@@H](O)CN2C(=O)[C@@H](c2cc(N3CCC4(CC3)CC(c3cc5nnc(-c6ccccc6O)cc5n3C3CC3)C4)no2)C(C)C)cc1. The summed E-state index contributed by atoms with van der Waals surface area (Å²) in [5.41, 5.74) is 9.88. The minimum atomic E-state index is -0.792. The number of benzene rings is 2. The van der Waals surface area contributed by atoms with Crippen molar-refractivity contribution in [2.75, 3.05) is 24.5 Å². The molecule has 316 valence electrons. The molecule has 0 bridgehead atoms. The first-order valence-corrected chi connectivity index (χ1v) is 22.6. The Labute approximate surface area is 358 Å². The van der Waals surface area contributed by atoms with E-state index in [-0.39, 0.29) is 41.9 Å². The highest BCUT2D eigenvalue weighted by Crippen LogP contribution is 2.58. The van der Waals surface area contributed by atoms with Crippen LogP contribution >= 0.6 is 11.3 Å². The molecule has 10 rings (SSSR count). The summed E-state index contributed by atoms with van der Waals surface area (Å²) in [6, 6.07) is 21.3. The lowest BCUT2D eigenvalue weighted by atomic mass is 9.56. The van der Waals surface area contributed by atoms with Crippen LogP contribution in [0, 0.1) is 18.3 Å². The van der Waals surface area contributed by atoms with Crippen molar-refractivity contribution in [3.63, 3.8) is 0 Å². The number of phenolic OH excluding ortho intramolecular Hbond substituents is 1. The molecule has 6 heterocycles. The molecule has 3 atom stereocenters. The van der Waals surface area contributed by atoms with Gasteiger partial charge in [0.05, 0.1) is 33.4 Å². The second-order valence-corrected chi connectivity index (χ2v) is 19.0. The standard InChI is InChI=1S/C47H52N8O5S/c1-27(2)43(46(59)54-25-33(56)18-39(54)45(58)48-24-29-8-10-30(11-9-29)44-28(3)49-26-61-44)41-21-42(52-60-41)53-16-14-47(15-17-53)22-31(23-47)37-20-36-38(55(37)32-12-13-32)19-35(50-51-36)34-6-4-5-7-40(34)57/h4-11,19-21,26-27,31-33,39,43,56-57H,12-18,22-25H2,1-3H3,(H,48,58)/t33-,39+,43-/m1/s1. The highest BCUT2D eigenvalue weighted by molar-refractivity contribution is 7.13. The number of phenols is 1. The maximum Gasteiger partial charge on any atom is 0.243 e. The molecule has 2 aromatic carbocycles. The topological polar surface area (TPSA) is 163 Å². The number of likely N-dealkylation sites (tertiary alicyclic amines) is 1. The van der Waals surface area contributed by atoms with Gasteiger partial charge in [-0.25, -0.2) is 4.98 Å². The summed E-state index contributed by atoms with van der Waals surface area (Å²) in [7, 11) is 0. The monoisotopic (exact) mass is 840 g/mol. The summed E-state index contributed by atoms with van der Waals surface area (Å²) in [5.74, 6) is 0.601. The van der Waals surface area contributed by atoms with Crippen LogP contribution in [0.2, 0.25) is 0 Å². The van der Waals surface area contributed by atoms with Crippen LogP contribution < -0.4 is 10.2 Å². The summed E-state index contributed by atoms with van der Waals surface area (Å²) in [6.45, 7) is 8.06. The third kappa shape index (κ3) is 7.47. The summed E-state index contributed by atoms with van der Waals surface area (Å²) in [5, 5.41) is 37.8. The van der Waals surface area contributed by atoms with E-state index < -0.39 is 18.1 Å². The van der Waals surface area contributed by atoms with Gasteiger partial charge >= 0.3 is 0 Å². The van der Waals surface area contributed by atoms with E-state index in [4.69, 9.17) is 4.52 Å². The second-order valence-electron chi connectivity index (χ2n) is 18.2. The number of aromatic hydroxyl groups is 1. The first-order chi connectivity index (χ1) is 29.5. The van der Waals surface area contributed by atoms with Gasteiger partial charge in [-0.3, -0.25) is 9.59 Å². The van der Waals surface area contributed by atoms with Crippen LogP contribution in [-0.2, 0) is 16.1 Å². The predicted octanol–water partition coefficient (Wildman–Crippen LogP) is 7.74. The third-order valence-corrected chi connectivity index (χ3v) is 14.7. The van der Waals surface area contributed by atoms with Gasteiger partial charge in [-0.1, -0.05) is 55.4 Å². The van der Waals surface area contributed by atoms with Crippen molar-refractivity contribution in [3.8, 4) is 27.4 Å². The van der Waals surface area contributed by atoms with Crippen LogP contribution in [-0.4, -0.2) is 83.6 Å². The average Bonchev–Trinajstić information content (AvgIpc) is 3.54. The molecule has 1 spiro atoms. The summed E-state index contributed by atoms with van der Waals surface area (Å²) >= 11 is 1.60. The van der Waals surface area contributed by atoms with Crippen LogP contribution in [0.5, 0.6) is 5.75 Å². The number of rotatable bonds is 11. The summed E-state index contributed by atoms with van der Waals surface area (Å²) in [6.07, 6.45) is 6.10. The maximum absolute atomic E-state index is 14.3. The van der Waals surface area contributed by atoms with Gasteiger partial charge in [0, 0.05) is 61.9 Å². The number of nitrogens with one attached hydrogen (secondary N) is 1. The quantitative estimate of drug-likeness (QED) is 0.118. The lowest BCUT2D eigenvalue weighted by Gasteiger charge is -2.52. The van der Waals surface area contributed by atoms with Crippen molar-refractivity contribution < 1.29 is 24.3 Å². The minimum Gasteiger partial charge on any atom is -0.507 e. The number of fused-ring (bicyclic) bond motifs is 1. The number of aliphatic hydroxyl groups is 1. The lowest BCUT2D eigenvalue weighted by molar-refractivity contribution is -0.141. The Morgan fingerprint density at radius 1 is 1.02 bits per heavy atom. The number of piperidine rings is 1. The molecule has 14 heteroatoms. The van der Waals surface area contributed by atoms with E-state index in [0.717, 1.165) is 77.3 Å². The molecule has 0 unspecified atom stereocenters. The van der Waals surface area contributed by atoms with Gasteiger partial charge in [0.2, 0.25) is 11.8 Å². The number of hydrogen-bond donors (Lipinski definition) is 3. The summed E-state index contributed by atoms with van der Waals surface area (Å²) in [4.78, 5) is 37.1. The molecule has 2 saturated heterocycles. The zero-order valence-electron chi connectivity index (χ0n) is 34.8. The fourth-order valence-electron chi connectivity index (χ4n) is 10.2. The van der Waals surface area contributed by atoms with Gasteiger partial charge in [-0.2, -0.15) is 0 Å². The van der Waals surface area contributed by atoms with Crippen molar-refractivity contribution in [1.29, 1.82) is 0 Å². The molecule has 2 aliphatic carbocycles. The number of para-hydroxylation sites is 1. The molecule has 13 nitrogen and oxygen atoms in total. The van der Waals surface area contributed by atoms with Crippen LogP contribution in [0.3, 0.4) is 0 Å². The number of anilines is 1. The van der Waals surface area contributed by atoms with Gasteiger partial charge in [0.15, 0.2) is 11.6 Å². The predicted molar refractivity (Wildman–Crippen MR) is 233 cm³/mol. The van der Waals surface area contributed by atoms with Crippen LogP contribution in [0.4, 0.5) is 5.82 Å². The van der Waals surface area contributed by atoms with Crippen molar-refractivity contribution in [2.45, 2.75) is 102 Å². The fourth-order valence-corrected chi connectivity index (χ4v) is 11.0. The number of nitrogens with zero attached hydrogens (tertiary/aromatic N) is 7. The molecule has 4 aliphatic rings. The maximum atomic E-state index is 14.3. The van der Waals surface area contributed by atoms with E-state index >= 15 is 0 Å². The molecule has 0 radical (unpaired) electrons. The van der Waals surface area contributed by atoms with E-state index in [2.05, 4.69) is 47.3 Å². The average molecular weight is 841 g/mol. The smallest absolute Gasteiger partial charge is 0.243 e. The number of aryl methyl sites for hydroxylation is 1. The molecule has 2 amide bonds. The van der Waals surface area contributed by atoms with Gasteiger partial charge in [-0.05, 0) is 92.2 Å². The molecule has 3 N–H and O–H groups in total. The highest BCUT2D eigenvalue weighted by Gasteiger charge is 2.49. The number of β-amino-alcohol motifs (C(OH)–C–C–N with tert-alkyl or cyclic N) is 1. The minimum absolute atomic E-state index is 0.0906. The molecule has 2 aliphatic heterocycles. The molecular weight excluding hydrogens is 789 g/mol. The number of aromatic nitrogens is 5. The third-order valence-electron chi connectivity index (χ3n) is 13.7. The molecule has 61 heavy (non-hydrogen) atoms. The van der Waals surface area contributed by atoms with Crippen molar-refractivity contribution in [1.82, 2.24) is 35.1 Å². The second kappa shape index (κ2) is 15.7. The Balaban J connectivity index is 0.771. The van der Waals surface area contributed by atoms with E-state index in [1.807, 2.05) is 74.8 Å². The van der Waals surface area contributed by atoms with Crippen molar-refractivity contribution >= 4 is 40.0 Å². The van der Waals surface area contributed by atoms with E-state index in [1.165, 1.54) is 23.4 Å². The number of thiazole rings is 1. The lowest BCUT2D eigenvalue weighted by Crippen LogP contribution is -2.48. The number of aliphatic hydroxyl groups excluding tert-OH is 1. The van der Waals surface area contributed by atoms with Gasteiger partial charge in [0.1, 0.15) is 23.2 Å². The number of amides is 2. The van der Waals surface area contributed by atoms with Crippen LogP contribution in [0.1, 0.15) is 99.4 Å². The molecular formula is C47H52N8O5S. The Bertz CT molecular complexity index is 2580. The van der Waals surface area contributed by atoms with E-state index in [9.17, 15) is 19.8 Å². The Kier molecular flexibility index (Phi) is 10.2. The van der Waals surface area contributed by atoms with Gasteiger partial charge in [0.25, 0.3) is 0 Å². The Morgan fingerprint density at radius 3 is 2.49 bits per heavy atom. The number of carbonyl (C=O) groups is 2. The zero-order valence-corrected chi connectivity index (χ0v) is 35.6. The van der Waals surface area contributed by atoms with Crippen LogP contribution in [0.15, 0.2) is 76.8 Å². The Hall–Kier alpha value is -5.60. The molecule has 2 saturated carbocycles. The first-order valence-electron chi connectivity index (χ1n) is 21.7. The first kappa shape index (κ1) is 39.5. The van der Waals surface area contributed by atoms with Gasteiger partial charge < -0.3 is 34.4 Å². The highest BCUT2D eigenvalue weighted by atomic mass is 32.1. The Morgan fingerprint density at radius 2 is 1.79 bits per heavy atom. The zero-order chi connectivity index (χ0) is 42.0. The summed E-state index contributed by atoms with van der Waals surface area (Å²) < 4.78 is 8.45. The molecule has 4 fully saturated rings. The molecule has 6 aromatic rings. The number of hydrogen-bond acceptors (Lipinski definition) is 11. The van der Waals surface area contributed by atoms with E-state index in [0.29, 0.717) is 35.5 Å².